The minimum Gasteiger partial charge on any atom is -0.206 e. The van der Waals surface area contributed by atoms with Crippen molar-refractivity contribution >= 4 is 11.6 Å². The Kier molecular flexibility index (Phi) is 2.92. The first kappa shape index (κ1) is 11.1. The molecular weight excluding hydrogens is 230 g/mol. The number of hydrogen-bond donors (Lipinski definition) is 0. The van der Waals surface area contributed by atoms with Crippen LogP contribution in [-0.2, 0) is 0 Å². The number of hydrogen-bond acceptors (Lipinski definition) is 0. The van der Waals surface area contributed by atoms with E-state index in [1.54, 1.807) is 25.1 Å². The highest BCUT2D eigenvalue weighted by Gasteiger charge is 2.13. The van der Waals surface area contributed by atoms with Gasteiger partial charge in [-0.2, -0.15) is 0 Å². The van der Waals surface area contributed by atoms with E-state index in [2.05, 4.69) is 0 Å². The van der Waals surface area contributed by atoms with Crippen molar-refractivity contribution in [2.45, 2.75) is 6.92 Å². The van der Waals surface area contributed by atoms with Crippen molar-refractivity contribution in [2.24, 2.45) is 0 Å². The topological polar surface area (TPSA) is 0 Å². The van der Waals surface area contributed by atoms with Gasteiger partial charge < -0.3 is 0 Å². The van der Waals surface area contributed by atoms with Crippen molar-refractivity contribution in [1.82, 2.24) is 0 Å². The second kappa shape index (κ2) is 4.22. The number of rotatable bonds is 1. The molecule has 0 heterocycles. The Labute approximate surface area is 97.5 Å². The molecule has 0 saturated heterocycles. The average Bonchev–Trinajstić information content (AvgIpc) is 2.27. The van der Waals surface area contributed by atoms with Crippen LogP contribution in [0.15, 0.2) is 36.4 Å². The molecule has 0 nitrogen and oxygen atoms in total. The monoisotopic (exact) mass is 238 g/mol. The molecule has 2 rings (SSSR count). The summed E-state index contributed by atoms with van der Waals surface area (Å²) in [6.07, 6.45) is 0. The zero-order valence-electron chi connectivity index (χ0n) is 8.60. The molecular formula is C13H9ClF2. The lowest BCUT2D eigenvalue weighted by Gasteiger charge is -2.07. The largest absolute Gasteiger partial charge is 0.206 e. The van der Waals surface area contributed by atoms with Crippen LogP contribution in [0.1, 0.15) is 5.56 Å². The molecule has 3 heteroatoms. The fourth-order valence-electron chi connectivity index (χ4n) is 1.57. The van der Waals surface area contributed by atoms with Crippen molar-refractivity contribution in [3.63, 3.8) is 0 Å². The third-order valence-electron chi connectivity index (χ3n) is 2.43. The van der Waals surface area contributed by atoms with E-state index in [-0.39, 0.29) is 16.1 Å². The quantitative estimate of drug-likeness (QED) is 0.682. The number of aryl methyl sites for hydroxylation is 1. The fraction of sp³-hybridized carbons (Fsp3) is 0.0769. The van der Waals surface area contributed by atoms with Gasteiger partial charge in [-0.25, -0.2) is 8.78 Å². The second-order valence-electron chi connectivity index (χ2n) is 3.54. The van der Waals surface area contributed by atoms with Gasteiger partial charge in [0.2, 0.25) is 0 Å². The van der Waals surface area contributed by atoms with Gasteiger partial charge >= 0.3 is 0 Å². The first-order valence-electron chi connectivity index (χ1n) is 4.80. The highest BCUT2D eigenvalue weighted by Crippen LogP contribution is 2.30. The lowest BCUT2D eigenvalue weighted by atomic mass is 10.0. The van der Waals surface area contributed by atoms with Gasteiger partial charge in [0.05, 0.1) is 5.02 Å². The molecule has 16 heavy (non-hydrogen) atoms. The normalized spacial score (nSPS) is 10.5. The molecule has 0 aliphatic heterocycles. The molecule has 0 spiro atoms. The molecule has 0 atom stereocenters. The number of benzene rings is 2. The summed E-state index contributed by atoms with van der Waals surface area (Å²) in [6.45, 7) is 1.64. The van der Waals surface area contributed by atoms with Crippen LogP contribution in [0.2, 0.25) is 5.02 Å². The molecule has 2 aromatic rings. The molecule has 0 aliphatic carbocycles. The molecule has 0 N–H and O–H groups in total. The first-order chi connectivity index (χ1) is 7.61. The van der Waals surface area contributed by atoms with Gasteiger partial charge in [0, 0.05) is 11.1 Å². The van der Waals surface area contributed by atoms with Crippen LogP contribution >= 0.6 is 11.6 Å². The smallest absolute Gasteiger partial charge is 0.149 e. The van der Waals surface area contributed by atoms with Gasteiger partial charge in [-0.05, 0) is 18.6 Å². The highest BCUT2D eigenvalue weighted by molar-refractivity contribution is 6.31. The Morgan fingerprint density at radius 1 is 0.875 bits per heavy atom. The van der Waals surface area contributed by atoms with Crippen LogP contribution in [0.4, 0.5) is 8.78 Å². The summed E-state index contributed by atoms with van der Waals surface area (Å²) in [6, 6.07) is 9.42. The molecule has 0 aliphatic rings. The molecule has 0 amide bonds. The zero-order chi connectivity index (χ0) is 11.7. The maximum atomic E-state index is 13.8. The van der Waals surface area contributed by atoms with Crippen molar-refractivity contribution in [3.8, 4) is 11.1 Å². The van der Waals surface area contributed by atoms with E-state index in [1.807, 2.05) is 0 Å². The van der Waals surface area contributed by atoms with E-state index in [1.165, 1.54) is 18.2 Å². The predicted molar refractivity (Wildman–Crippen MR) is 61.5 cm³/mol. The highest BCUT2D eigenvalue weighted by atomic mass is 35.5. The molecule has 0 fully saturated rings. The van der Waals surface area contributed by atoms with Crippen LogP contribution < -0.4 is 0 Å². The summed E-state index contributed by atoms with van der Waals surface area (Å²) < 4.78 is 27.5. The van der Waals surface area contributed by atoms with Gasteiger partial charge in [0.1, 0.15) is 11.6 Å². The van der Waals surface area contributed by atoms with E-state index >= 15 is 0 Å². The van der Waals surface area contributed by atoms with Crippen molar-refractivity contribution in [2.75, 3.05) is 0 Å². The van der Waals surface area contributed by atoms with Crippen LogP contribution in [0.5, 0.6) is 0 Å². The fourth-order valence-corrected chi connectivity index (χ4v) is 1.74. The van der Waals surface area contributed by atoms with Crippen molar-refractivity contribution < 1.29 is 8.78 Å². The summed E-state index contributed by atoms with van der Waals surface area (Å²) in [4.78, 5) is 0. The first-order valence-corrected chi connectivity index (χ1v) is 5.18. The Morgan fingerprint density at radius 3 is 2.12 bits per heavy atom. The van der Waals surface area contributed by atoms with E-state index < -0.39 is 11.6 Å². The number of halogens is 3. The Balaban J connectivity index is 2.68. The predicted octanol–water partition coefficient (Wildman–Crippen LogP) is 4.59. The van der Waals surface area contributed by atoms with E-state index in [0.717, 1.165) is 0 Å². The molecule has 82 valence electrons. The van der Waals surface area contributed by atoms with Gasteiger partial charge in [-0.15, -0.1) is 0 Å². The Bertz CT molecular complexity index is 486. The summed E-state index contributed by atoms with van der Waals surface area (Å²) >= 11 is 5.66. The third-order valence-corrected chi connectivity index (χ3v) is 2.73. The molecule has 2 aromatic carbocycles. The summed E-state index contributed by atoms with van der Waals surface area (Å²) in [5.41, 5.74) is 0.908. The molecule has 0 bridgehead atoms. The lowest BCUT2D eigenvalue weighted by molar-refractivity contribution is 0.611. The Hall–Kier alpha value is -1.41. The van der Waals surface area contributed by atoms with Crippen molar-refractivity contribution in [3.05, 3.63) is 58.6 Å². The van der Waals surface area contributed by atoms with Gasteiger partial charge in [0.15, 0.2) is 0 Å². The van der Waals surface area contributed by atoms with Crippen molar-refractivity contribution in [1.29, 1.82) is 0 Å². The summed E-state index contributed by atoms with van der Waals surface area (Å²) in [7, 11) is 0. The van der Waals surface area contributed by atoms with Gasteiger partial charge in [0.25, 0.3) is 0 Å². The van der Waals surface area contributed by atoms with Crippen LogP contribution in [0, 0.1) is 18.6 Å². The molecule has 0 aromatic heterocycles. The lowest BCUT2D eigenvalue weighted by Crippen LogP contribution is -1.91. The Morgan fingerprint density at radius 2 is 1.44 bits per heavy atom. The second-order valence-corrected chi connectivity index (χ2v) is 3.95. The van der Waals surface area contributed by atoms with Crippen LogP contribution in [-0.4, -0.2) is 0 Å². The average molecular weight is 239 g/mol. The van der Waals surface area contributed by atoms with Crippen LogP contribution in [0.3, 0.4) is 0 Å². The minimum atomic E-state index is -0.589. The third kappa shape index (κ3) is 1.81. The van der Waals surface area contributed by atoms with E-state index in [0.29, 0.717) is 5.56 Å². The van der Waals surface area contributed by atoms with Crippen LogP contribution in [0.25, 0.3) is 11.1 Å². The standard InChI is InChI=1S/C13H9ClF2/c1-8-4-2-5-9(12(8)15)10-6-3-7-11(14)13(10)16/h2-7H,1H3. The van der Waals surface area contributed by atoms with Gasteiger partial charge in [-0.3, -0.25) is 0 Å². The van der Waals surface area contributed by atoms with E-state index in [4.69, 9.17) is 11.6 Å². The maximum Gasteiger partial charge on any atom is 0.149 e. The molecule has 0 radical (unpaired) electrons. The maximum absolute atomic E-state index is 13.8. The summed E-state index contributed by atoms with van der Waals surface area (Å²) in [5, 5.41) is -0.00148. The zero-order valence-corrected chi connectivity index (χ0v) is 9.35. The minimum absolute atomic E-state index is 0.00148. The van der Waals surface area contributed by atoms with E-state index in [9.17, 15) is 8.78 Å². The summed E-state index contributed by atoms with van der Waals surface area (Å²) in [5.74, 6) is -1.00. The SMILES string of the molecule is Cc1cccc(-c2cccc(Cl)c2F)c1F. The molecule has 0 unspecified atom stereocenters. The molecule has 0 saturated carbocycles. The van der Waals surface area contributed by atoms with Gasteiger partial charge in [-0.1, -0.05) is 41.9 Å².